The van der Waals surface area contributed by atoms with Crippen LogP contribution in [0.1, 0.15) is 27.9 Å². The summed E-state index contributed by atoms with van der Waals surface area (Å²) in [7, 11) is 0. The molecule has 1 aromatic rings. The van der Waals surface area contributed by atoms with E-state index in [2.05, 4.69) is 5.32 Å². The number of carboxylic acid groups (broad SMARTS) is 1. The number of nitrogens with one attached hydrogen (secondary N) is 1. The number of hydrogen-bond donors (Lipinski definition) is 3. The molecule has 4 N–H and O–H groups in total. The van der Waals surface area contributed by atoms with Crippen LogP contribution in [0.2, 0.25) is 0 Å². The first-order valence-corrected chi connectivity index (χ1v) is 7.47. The number of primary amides is 1. The molecular formula is C14H18N2O4S. The number of benzene rings is 1. The topological polar surface area (TPSA) is 109 Å². The molecule has 1 rings (SSSR count). The standard InChI is InChI=1S/C14H18N2O4S/c1-8-5-10(6-11(9(8)2)14(19)20)16-13(18)3-4-21-7-12(15)17/h5-6H,3-4,7H2,1-2H3,(H2,15,17)(H,16,18)(H,19,20). The van der Waals surface area contributed by atoms with Crippen molar-refractivity contribution in [2.75, 3.05) is 16.8 Å². The highest BCUT2D eigenvalue weighted by Crippen LogP contribution is 2.20. The molecule has 0 heterocycles. The Morgan fingerprint density at radius 2 is 1.95 bits per heavy atom. The maximum absolute atomic E-state index is 11.7. The predicted molar refractivity (Wildman–Crippen MR) is 82.6 cm³/mol. The number of nitrogens with two attached hydrogens (primary N) is 1. The minimum Gasteiger partial charge on any atom is -0.478 e. The first-order chi connectivity index (χ1) is 9.81. The molecule has 114 valence electrons. The molecule has 0 spiro atoms. The lowest BCUT2D eigenvalue weighted by molar-refractivity contribution is -0.116. The van der Waals surface area contributed by atoms with E-state index in [1.807, 2.05) is 0 Å². The molecule has 6 nitrogen and oxygen atoms in total. The molecule has 0 radical (unpaired) electrons. The Balaban J connectivity index is 2.64. The summed E-state index contributed by atoms with van der Waals surface area (Å²) in [4.78, 5) is 33.4. The Hall–Kier alpha value is -2.02. The van der Waals surface area contributed by atoms with Gasteiger partial charge in [-0.1, -0.05) is 0 Å². The molecular weight excluding hydrogens is 292 g/mol. The van der Waals surface area contributed by atoms with Crippen LogP contribution in [0, 0.1) is 13.8 Å². The van der Waals surface area contributed by atoms with E-state index >= 15 is 0 Å². The van der Waals surface area contributed by atoms with E-state index < -0.39 is 11.9 Å². The number of anilines is 1. The minimum atomic E-state index is -1.02. The van der Waals surface area contributed by atoms with E-state index in [9.17, 15) is 14.4 Å². The molecule has 0 aliphatic rings. The third kappa shape index (κ3) is 5.47. The van der Waals surface area contributed by atoms with Crippen molar-refractivity contribution in [1.29, 1.82) is 0 Å². The SMILES string of the molecule is Cc1cc(NC(=O)CCSCC(N)=O)cc(C(=O)O)c1C. The number of carbonyl (C=O) groups is 3. The number of amides is 2. The Bertz CT molecular complexity index is 572. The summed E-state index contributed by atoms with van der Waals surface area (Å²) in [6, 6.07) is 3.18. The van der Waals surface area contributed by atoms with Crippen molar-refractivity contribution in [2.45, 2.75) is 20.3 Å². The molecule has 0 fully saturated rings. The van der Waals surface area contributed by atoms with Crippen molar-refractivity contribution in [3.63, 3.8) is 0 Å². The molecule has 0 unspecified atom stereocenters. The van der Waals surface area contributed by atoms with Gasteiger partial charge < -0.3 is 16.2 Å². The van der Waals surface area contributed by atoms with Crippen LogP contribution >= 0.6 is 11.8 Å². The minimum absolute atomic E-state index is 0.174. The Morgan fingerprint density at radius 3 is 2.52 bits per heavy atom. The zero-order valence-electron chi connectivity index (χ0n) is 11.9. The molecule has 0 atom stereocenters. The van der Waals surface area contributed by atoms with Crippen molar-refractivity contribution in [2.24, 2.45) is 5.73 Å². The summed E-state index contributed by atoms with van der Waals surface area (Å²) in [5, 5.41) is 11.8. The zero-order chi connectivity index (χ0) is 16.0. The van der Waals surface area contributed by atoms with Gasteiger partial charge in [0.05, 0.1) is 11.3 Å². The van der Waals surface area contributed by atoms with E-state index in [1.165, 1.54) is 17.8 Å². The van der Waals surface area contributed by atoms with Gasteiger partial charge in [0, 0.05) is 17.9 Å². The lowest BCUT2D eigenvalue weighted by atomic mass is 10.0. The van der Waals surface area contributed by atoms with Crippen LogP contribution in [-0.4, -0.2) is 34.4 Å². The fourth-order valence-electron chi connectivity index (χ4n) is 1.71. The van der Waals surface area contributed by atoms with E-state index in [1.54, 1.807) is 19.9 Å². The molecule has 1 aromatic carbocycles. The van der Waals surface area contributed by atoms with Crippen molar-refractivity contribution in [1.82, 2.24) is 0 Å². The second kappa shape index (κ2) is 7.68. The van der Waals surface area contributed by atoms with Crippen molar-refractivity contribution >= 4 is 35.2 Å². The van der Waals surface area contributed by atoms with Gasteiger partial charge in [-0.2, -0.15) is 11.8 Å². The van der Waals surface area contributed by atoms with Gasteiger partial charge >= 0.3 is 5.97 Å². The lowest BCUT2D eigenvalue weighted by Gasteiger charge is -2.10. The van der Waals surface area contributed by atoms with E-state index in [4.69, 9.17) is 10.8 Å². The van der Waals surface area contributed by atoms with Gasteiger partial charge in [-0.15, -0.1) is 0 Å². The van der Waals surface area contributed by atoms with Crippen molar-refractivity contribution in [3.05, 3.63) is 28.8 Å². The van der Waals surface area contributed by atoms with Gasteiger partial charge in [-0.25, -0.2) is 4.79 Å². The molecule has 0 saturated heterocycles. The fourth-order valence-corrected chi connectivity index (χ4v) is 2.39. The average molecular weight is 310 g/mol. The summed E-state index contributed by atoms with van der Waals surface area (Å²) in [5.74, 6) is -1.01. The number of carboxylic acids is 1. The average Bonchev–Trinajstić information content (AvgIpc) is 2.38. The Labute approximate surface area is 127 Å². The quantitative estimate of drug-likeness (QED) is 0.662. The number of rotatable bonds is 7. The highest BCUT2D eigenvalue weighted by molar-refractivity contribution is 7.99. The lowest BCUT2D eigenvalue weighted by Crippen LogP contribution is -2.16. The molecule has 2 amide bonds. The van der Waals surface area contributed by atoms with E-state index in [0.717, 1.165) is 5.56 Å². The predicted octanol–water partition coefficient (Wildman–Crippen LogP) is 1.55. The number of aromatic carboxylic acids is 1. The maximum atomic E-state index is 11.7. The molecule has 0 saturated carbocycles. The van der Waals surface area contributed by atoms with Gasteiger partial charge in [0.25, 0.3) is 0 Å². The fraction of sp³-hybridized carbons (Fsp3) is 0.357. The number of thioether (sulfide) groups is 1. The monoisotopic (exact) mass is 310 g/mol. The maximum Gasteiger partial charge on any atom is 0.336 e. The molecule has 0 aliphatic heterocycles. The molecule has 21 heavy (non-hydrogen) atoms. The second-order valence-electron chi connectivity index (χ2n) is 4.59. The normalized spacial score (nSPS) is 10.2. The summed E-state index contributed by atoms with van der Waals surface area (Å²) < 4.78 is 0. The van der Waals surface area contributed by atoms with Crippen LogP contribution in [0.4, 0.5) is 5.69 Å². The third-order valence-corrected chi connectivity index (χ3v) is 3.88. The largest absolute Gasteiger partial charge is 0.478 e. The summed E-state index contributed by atoms with van der Waals surface area (Å²) in [5.41, 5.74) is 7.10. The van der Waals surface area contributed by atoms with Crippen LogP contribution < -0.4 is 11.1 Å². The highest BCUT2D eigenvalue weighted by Gasteiger charge is 2.12. The van der Waals surface area contributed by atoms with Gasteiger partial charge in [-0.05, 0) is 37.1 Å². The van der Waals surface area contributed by atoms with Crippen LogP contribution in [0.5, 0.6) is 0 Å². The molecule has 0 aliphatic carbocycles. The molecule has 7 heteroatoms. The van der Waals surface area contributed by atoms with Gasteiger partial charge in [0.15, 0.2) is 0 Å². The highest BCUT2D eigenvalue weighted by atomic mass is 32.2. The van der Waals surface area contributed by atoms with Gasteiger partial charge in [0.2, 0.25) is 11.8 Å². The number of hydrogen-bond acceptors (Lipinski definition) is 4. The Kier molecular flexibility index (Phi) is 6.23. The van der Waals surface area contributed by atoms with Crippen LogP contribution in [0.25, 0.3) is 0 Å². The number of aryl methyl sites for hydroxylation is 1. The van der Waals surface area contributed by atoms with Crippen LogP contribution in [0.15, 0.2) is 12.1 Å². The van der Waals surface area contributed by atoms with Gasteiger partial charge in [0.1, 0.15) is 0 Å². The van der Waals surface area contributed by atoms with E-state index in [0.29, 0.717) is 17.0 Å². The van der Waals surface area contributed by atoms with E-state index in [-0.39, 0.29) is 23.6 Å². The third-order valence-electron chi connectivity index (χ3n) is 2.90. The van der Waals surface area contributed by atoms with Gasteiger partial charge in [-0.3, -0.25) is 9.59 Å². The smallest absolute Gasteiger partial charge is 0.336 e. The first kappa shape index (κ1) is 17.0. The Morgan fingerprint density at radius 1 is 1.29 bits per heavy atom. The molecule has 0 bridgehead atoms. The summed E-state index contributed by atoms with van der Waals surface area (Å²) >= 11 is 1.28. The summed E-state index contributed by atoms with van der Waals surface area (Å²) in [6.45, 7) is 3.52. The summed E-state index contributed by atoms with van der Waals surface area (Å²) in [6.07, 6.45) is 0.229. The molecule has 0 aromatic heterocycles. The van der Waals surface area contributed by atoms with Crippen LogP contribution in [0.3, 0.4) is 0 Å². The number of carbonyl (C=O) groups excluding carboxylic acids is 2. The van der Waals surface area contributed by atoms with Crippen molar-refractivity contribution < 1.29 is 19.5 Å². The van der Waals surface area contributed by atoms with Crippen LogP contribution in [-0.2, 0) is 9.59 Å². The van der Waals surface area contributed by atoms with Crippen molar-refractivity contribution in [3.8, 4) is 0 Å². The second-order valence-corrected chi connectivity index (χ2v) is 5.69. The zero-order valence-corrected chi connectivity index (χ0v) is 12.8. The first-order valence-electron chi connectivity index (χ1n) is 6.31.